The molecule has 13 heteroatoms. The first kappa shape index (κ1) is 31.1. The van der Waals surface area contributed by atoms with Crippen molar-refractivity contribution in [3.8, 4) is 0 Å². The van der Waals surface area contributed by atoms with Gasteiger partial charge >= 0.3 is 0 Å². The zero-order valence-corrected chi connectivity index (χ0v) is 24.0. The van der Waals surface area contributed by atoms with E-state index in [4.69, 9.17) is 0 Å². The molecular weight excluding hydrogens is 586 g/mol. The number of hydrogen-bond acceptors (Lipinski definition) is 8. The Morgan fingerprint density at radius 2 is 1.48 bits per heavy atom. The van der Waals surface area contributed by atoms with Crippen molar-refractivity contribution in [2.75, 3.05) is 16.4 Å². The summed E-state index contributed by atoms with van der Waals surface area (Å²) in [6.45, 7) is 1.66. The van der Waals surface area contributed by atoms with Crippen LogP contribution in [0.15, 0.2) is 108 Å². The average Bonchev–Trinajstić information content (AvgIpc) is 3.01. The van der Waals surface area contributed by atoms with Crippen LogP contribution < -0.4 is 16.0 Å². The Kier molecular flexibility index (Phi) is 10.2. The molecule has 0 aromatic heterocycles. The van der Waals surface area contributed by atoms with Crippen molar-refractivity contribution in [2.45, 2.75) is 11.8 Å². The van der Waals surface area contributed by atoms with Gasteiger partial charge in [0.25, 0.3) is 23.2 Å². The molecule has 0 spiro atoms. The minimum Gasteiger partial charge on any atom is -0.325 e. The number of carbonyl (C=O) groups is 3. The minimum absolute atomic E-state index is 0.0340. The first-order valence-corrected chi connectivity index (χ1v) is 14.0. The number of rotatable bonds is 11. The Morgan fingerprint density at radius 1 is 0.795 bits per heavy atom. The monoisotopic (exact) mass is 611 g/mol. The summed E-state index contributed by atoms with van der Waals surface area (Å²) >= 11 is 1.21. The van der Waals surface area contributed by atoms with Crippen LogP contribution in [0.25, 0.3) is 6.08 Å². The van der Waals surface area contributed by atoms with Crippen molar-refractivity contribution < 1.29 is 24.2 Å². The molecule has 0 aliphatic rings. The van der Waals surface area contributed by atoms with Gasteiger partial charge in [0.05, 0.1) is 15.6 Å². The molecule has 0 fully saturated rings. The number of nitro benzene ring substituents is 2. The fourth-order valence-corrected chi connectivity index (χ4v) is 4.66. The highest BCUT2D eigenvalue weighted by molar-refractivity contribution is 8.00. The molecule has 0 atom stereocenters. The molecule has 4 aromatic rings. The van der Waals surface area contributed by atoms with Crippen molar-refractivity contribution in [1.82, 2.24) is 5.32 Å². The normalized spacial score (nSPS) is 10.9. The van der Waals surface area contributed by atoms with Crippen LogP contribution in [0.1, 0.15) is 21.5 Å². The van der Waals surface area contributed by atoms with Crippen molar-refractivity contribution >= 4 is 58.3 Å². The summed E-state index contributed by atoms with van der Waals surface area (Å²) in [5, 5.41) is 30.0. The SMILES string of the molecule is Cc1cc([N+](=O)[O-])ccc1NC(=O)CSc1cccc(NC(=O)/C(=C\c2ccc([N+](=O)[O-])cc2)NC(=O)c2ccccc2)c1. The summed E-state index contributed by atoms with van der Waals surface area (Å²) in [6.07, 6.45) is 1.41. The fraction of sp³-hybridized carbons (Fsp3) is 0.0645. The molecule has 0 saturated heterocycles. The molecule has 222 valence electrons. The summed E-state index contributed by atoms with van der Waals surface area (Å²) in [6, 6.07) is 24.7. The summed E-state index contributed by atoms with van der Waals surface area (Å²) in [7, 11) is 0. The van der Waals surface area contributed by atoms with Gasteiger partial charge in [0.1, 0.15) is 5.70 Å². The predicted molar refractivity (Wildman–Crippen MR) is 167 cm³/mol. The lowest BCUT2D eigenvalue weighted by atomic mass is 10.1. The Balaban J connectivity index is 1.45. The lowest BCUT2D eigenvalue weighted by Gasteiger charge is -2.12. The number of aryl methyl sites for hydroxylation is 1. The van der Waals surface area contributed by atoms with Crippen molar-refractivity contribution in [2.24, 2.45) is 0 Å². The van der Waals surface area contributed by atoms with Crippen LogP contribution in [0.4, 0.5) is 22.7 Å². The molecule has 0 bridgehead atoms. The van der Waals surface area contributed by atoms with Crippen LogP contribution in [0, 0.1) is 27.2 Å². The van der Waals surface area contributed by atoms with E-state index in [2.05, 4.69) is 16.0 Å². The molecular formula is C31H25N5O7S. The number of nitro groups is 2. The van der Waals surface area contributed by atoms with Gasteiger partial charge in [-0.2, -0.15) is 0 Å². The molecule has 3 amide bonds. The second-order valence-electron chi connectivity index (χ2n) is 9.30. The molecule has 44 heavy (non-hydrogen) atoms. The third kappa shape index (κ3) is 8.59. The van der Waals surface area contributed by atoms with E-state index >= 15 is 0 Å². The van der Waals surface area contributed by atoms with Gasteiger partial charge in [-0.05, 0) is 72.7 Å². The van der Waals surface area contributed by atoms with E-state index in [1.54, 1.807) is 61.5 Å². The van der Waals surface area contributed by atoms with E-state index in [0.717, 1.165) is 0 Å². The molecule has 0 heterocycles. The fourth-order valence-electron chi connectivity index (χ4n) is 3.90. The summed E-state index contributed by atoms with van der Waals surface area (Å²) < 4.78 is 0. The number of nitrogens with one attached hydrogen (secondary N) is 3. The van der Waals surface area contributed by atoms with Crippen LogP contribution in [-0.2, 0) is 9.59 Å². The quantitative estimate of drug-likeness (QED) is 0.0807. The van der Waals surface area contributed by atoms with Gasteiger partial charge in [-0.3, -0.25) is 34.6 Å². The summed E-state index contributed by atoms with van der Waals surface area (Å²) in [5.41, 5.74) is 1.92. The summed E-state index contributed by atoms with van der Waals surface area (Å²) in [5.74, 6) is -1.45. The zero-order chi connectivity index (χ0) is 31.6. The van der Waals surface area contributed by atoms with Crippen molar-refractivity contribution in [3.63, 3.8) is 0 Å². The van der Waals surface area contributed by atoms with E-state index in [1.807, 2.05) is 0 Å². The number of hydrogen-bond donors (Lipinski definition) is 3. The van der Waals surface area contributed by atoms with Crippen LogP contribution in [0.3, 0.4) is 0 Å². The summed E-state index contributed by atoms with van der Waals surface area (Å²) in [4.78, 5) is 60.3. The molecule has 0 radical (unpaired) electrons. The standard InChI is InChI=1S/C31H25N5O7S/c1-20-16-25(36(42)43)14-15-27(20)33-29(37)19-44-26-9-5-8-23(18-26)32-31(39)28(34-30(38)22-6-3-2-4-7-22)17-21-10-12-24(13-11-21)35(40)41/h2-18H,19H2,1H3,(H,32,39)(H,33,37)(H,34,38)/b28-17+. The largest absolute Gasteiger partial charge is 0.325 e. The van der Waals surface area contributed by atoms with Crippen LogP contribution in [0.5, 0.6) is 0 Å². The number of amides is 3. The Bertz CT molecular complexity index is 1760. The predicted octanol–water partition coefficient (Wildman–Crippen LogP) is 5.95. The molecule has 12 nitrogen and oxygen atoms in total. The van der Waals surface area contributed by atoms with Crippen LogP contribution in [-0.4, -0.2) is 33.3 Å². The first-order chi connectivity index (χ1) is 21.1. The van der Waals surface area contributed by atoms with Gasteiger partial charge in [-0.25, -0.2) is 0 Å². The van der Waals surface area contributed by atoms with Gasteiger partial charge in [0, 0.05) is 46.1 Å². The van der Waals surface area contributed by atoms with Gasteiger partial charge in [-0.1, -0.05) is 24.3 Å². The molecule has 3 N–H and O–H groups in total. The van der Waals surface area contributed by atoms with Gasteiger partial charge in [-0.15, -0.1) is 11.8 Å². The molecule has 0 unspecified atom stereocenters. The number of benzene rings is 4. The Labute approximate surface area is 255 Å². The minimum atomic E-state index is -0.638. The lowest BCUT2D eigenvalue weighted by molar-refractivity contribution is -0.385. The average molecular weight is 612 g/mol. The van der Waals surface area contributed by atoms with Crippen LogP contribution in [0.2, 0.25) is 0 Å². The van der Waals surface area contributed by atoms with Gasteiger partial charge < -0.3 is 16.0 Å². The van der Waals surface area contributed by atoms with Gasteiger partial charge in [0.2, 0.25) is 5.91 Å². The van der Waals surface area contributed by atoms with Gasteiger partial charge in [0.15, 0.2) is 0 Å². The number of thioether (sulfide) groups is 1. The van der Waals surface area contributed by atoms with Crippen molar-refractivity contribution in [3.05, 3.63) is 140 Å². The van der Waals surface area contributed by atoms with E-state index in [0.29, 0.717) is 33.0 Å². The van der Waals surface area contributed by atoms with Crippen molar-refractivity contribution in [1.29, 1.82) is 0 Å². The number of nitrogens with zero attached hydrogens (tertiary/aromatic N) is 2. The molecule has 0 aliphatic heterocycles. The number of non-ortho nitro benzene ring substituents is 2. The second kappa shape index (κ2) is 14.4. The maximum Gasteiger partial charge on any atom is 0.272 e. The molecule has 4 aromatic carbocycles. The Morgan fingerprint density at radius 3 is 2.14 bits per heavy atom. The highest BCUT2D eigenvalue weighted by Gasteiger charge is 2.16. The highest BCUT2D eigenvalue weighted by atomic mass is 32.2. The smallest absolute Gasteiger partial charge is 0.272 e. The number of carbonyl (C=O) groups excluding carboxylic acids is 3. The van der Waals surface area contributed by atoms with E-state index in [1.165, 1.54) is 60.3 Å². The van der Waals surface area contributed by atoms with E-state index < -0.39 is 21.7 Å². The van der Waals surface area contributed by atoms with E-state index in [9.17, 15) is 34.6 Å². The third-order valence-electron chi connectivity index (χ3n) is 6.10. The lowest BCUT2D eigenvalue weighted by Crippen LogP contribution is -2.30. The first-order valence-electron chi connectivity index (χ1n) is 13.0. The second-order valence-corrected chi connectivity index (χ2v) is 10.4. The van der Waals surface area contributed by atoms with Crippen LogP contribution >= 0.6 is 11.8 Å². The molecule has 4 rings (SSSR count). The zero-order valence-electron chi connectivity index (χ0n) is 23.2. The molecule has 0 saturated carbocycles. The Hall–Kier alpha value is -5.82. The third-order valence-corrected chi connectivity index (χ3v) is 7.09. The molecule has 0 aliphatic carbocycles. The highest BCUT2D eigenvalue weighted by Crippen LogP contribution is 2.24. The topological polar surface area (TPSA) is 174 Å². The number of anilines is 2. The maximum atomic E-state index is 13.3. The van der Waals surface area contributed by atoms with E-state index in [-0.39, 0.29) is 28.7 Å². The maximum absolute atomic E-state index is 13.3.